The minimum absolute atomic E-state index is 0.00823. The van der Waals surface area contributed by atoms with Gasteiger partial charge in [-0.25, -0.2) is 4.79 Å². The molecular weight excluding hydrogens is 254 g/mol. The molecule has 1 saturated heterocycles. The van der Waals surface area contributed by atoms with Crippen LogP contribution in [0.15, 0.2) is 0 Å². The number of piperidine rings is 1. The van der Waals surface area contributed by atoms with Crippen molar-refractivity contribution >= 4 is 6.03 Å². The highest BCUT2D eigenvalue weighted by Crippen LogP contribution is 2.23. The lowest BCUT2D eigenvalue weighted by molar-refractivity contribution is 0.0708. The van der Waals surface area contributed by atoms with E-state index >= 15 is 0 Å². The summed E-state index contributed by atoms with van der Waals surface area (Å²) in [6, 6.07) is -0.0836. The fraction of sp³-hybridized carbons (Fsp3) is 0.933. The second kappa shape index (κ2) is 7.84. The highest BCUT2D eigenvalue weighted by molar-refractivity contribution is 5.74. The Morgan fingerprint density at radius 2 is 2.20 bits per heavy atom. The summed E-state index contributed by atoms with van der Waals surface area (Å²) >= 11 is 0. The second-order valence-electron chi connectivity index (χ2n) is 6.47. The molecule has 1 aliphatic rings. The molecule has 1 heterocycles. The molecule has 0 spiro atoms. The summed E-state index contributed by atoms with van der Waals surface area (Å²) in [4.78, 5) is 16.2. The quantitative estimate of drug-likeness (QED) is 0.778. The van der Waals surface area contributed by atoms with Crippen LogP contribution in [0, 0.1) is 5.92 Å². The molecule has 0 aromatic heterocycles. The lowest BCUT2D eigenvalue weighted by Gasteiger charge is -2.43. The average molecular weight is 285 g/mol. The summed E-state index contributed by atoms with van der Waals surface area (Å²) in [5, 5.41) is 12.0. The zero-order chi connectivity index (χ0) is 15.2. The van der Waals surface area contributed by atoms with Crippen molar-refractivity contribution in [1.29, 1.82) is 0 Å². The fourth-order valence-electron chi connectivity index (χ4n) is 2.78. The number of aliphatic hydroxyl groups excluding tert-OH is 1. The lowest BCUT2D eigenvalue weighted by atomic mass is 9.93. The van der Waals surface area contributed by atoms with Crippen molar-refractivity contribution in [1.82, 2.24) is 15.1 Å². The molecule has 20 heavy (non-hydrogen) atoms. The van der Waals surface area contributed by atoms with E-state index < -0.39 is 0 Å². The molecule has 0 aromatic carbocycles. The SMILES string of the molecule is CCN(CCO)C(=O)NCC(C)(C)N1CCCC(C)C1. The molecule has 1 unspecified atom stereocenters. The Morgan fingerprint density at radius 3 is 2.75 bits per heavy atom. The fourth-order valence-corrected chi connectivity index (χ4v) is 2.78. The number of urea groups is 1. The summed E-state index contributed by atoms with van der Waals surface area (Å²) < 4.78 is 0. The van der Waals surface area contributed by atoms with Crippen LogP contribution in [0.1, 0.15) is 40.5 Å². The van der Waals surface area contributed by atoms with Crippen molar-refractivity contribution in [3.05, 3.63) is 0 Å². The molecule has 118 valence electrons. The number of nitrogens with one attached hydrogen (secondary N) is 1. The highest BCUT2D eigenvalue weighted by Gasteiger charge is 2.30. The second-order valence-corrected chi connectivity index (χ2v) is 6.47. The van der Waals surface area contributed by atoms with Crippen LogP contribution < -0.4 is 5.32 Å². The van der Waals surface area contributed by atoms with Crippen LogP contribution in [0.4, 0.5) is 4.79 Å². The van der Waals surface area contributed by atoms with Gasteiger partial charge in [-0.2, -0.15) is 0 Å². The van der Waals surface area contributed by atoms with Gasteiger partial charge in [0.15, 0.2) is 0 Å². The van der Waals surface area contributed by atoms with Crippen LogP contribution >= 0.6 is 0 Å². The minimum Gasteiger partial charge on any atom is -0.395 e. The summed E-state index contributed by atoms with van der Waals surface area (Å²) in [5.41, 5.74) is -0.0248. The molecule has 1 rings (SSSR count). The van der Waals surface area contributed by atoms with Gasteiger partial charge in [-0.05, 0) is 46.1 Å². The van der Waals surface area contributed by atoms with Crippen molar-refractivity contribution < 1.29 is 9.90 Å². The largest absolute Gasteiger partial charge is 0.395 e. The standard InChI is InChI=1S/C15H31N3O2/c1-5-17(9-10-19)14(20)16-12-15(3,4)18-8-6-7-13(2)11-18/h13,19H,5-12H2,1-4H3,(H,16,20). The maximum Gasteiger partial charge on any atom is 0.317 e. The lowest BCUT2D eigenvalue weighted by Crippen LogP contribution is -2.56. The smallest absolute Gasteiger partial charge is 0.317 e. The van der Waals surface area contributed by atoms with E-state index in [0.29, 0.717) is 19.6 Å². The van der Waals surface area contributed by atoms with E-state index in [1.807, 2.05) is 6.92 Å². The van der Waals surface area contributed by atoms with Crippen molar-refractivity contribution in [3.63, 3.8) is 0 Å². The number of aliphatic hydroxyl groups is 1. The van der Waals surface area contributed by atoms with E-state index in [1.165, 1.54) is 12.8 Å². The van der Waals surface area contributed by atoms with E-state index in [0.717, 1.165) is 19.0 Å². The molecule has 2 N–H and O–H groups in total. The van der Waals surface area contributed by atoms with E-state index in [-0.39, 0.29) is 18.2 Å². The van der Waals surface area contributed by atoms with Gasteiger partial charge in [-0.3, -0.25) is 4.90 Å². The Hall–Kier alpha value is -0.810. The van der Waals surface area contributed by atoms with Crippen LogP contribution in [0.25, 0.3) is 0 Å². The van der Waals surface area contributed by atoms with Gasteiger partial charge in [0.25, 0.3) is 0 Å². The summed E-state index contributed by atoms with van der Waals surface area (Å²) in [6.45, 7) is 12.5. The van der Waals surface area contributed by atoms with E-state index in [9.17, 15) is 4.79 Å². The van der Waals surface area contributed by atoms with Gasteiger partial charge >= 0.3 is 6.03 Å². The first-order valence-corrected chi connectivity index (χ1v) is 7.79. The van der Waals surface area contributed by atoms with Crippen molar-refractivity contribution in [2.75, 3.05) is 39.3 Å². The molecule has 0 bridgehead atoms. The molecule has 5 heteroatoms. The Kier molecular flexibility index (Phi) is 6.76. The first-order chi connectivity index (χ1) is 9.40. The molecule has 0 aromatic rings. The number of nitrogens with zero attached hydrogens (tertiary/aromatic N) is 2. The molecular formula is C15H31N3O2. The highest BCUT2D eigenvalue weighted by atomic mass is 16.3. The predicted molar refractivity (Wildman–Crippen MR) is 81.8 cm³/mol. The molecule has 0 saturated carbocycles. The monoisotopic (exact) mass is 285 g/mol. The number of rotatable bonds is 6. The number of hydrogen-bond donors (Lipinski definition) is 2. The first kappa shape index (κ1) is 17.2. The third-order valence-electron chi connectivity index (χ3n) is 4.22. The van der Waals surface area contributed by atoms with E-state index in [4.69, 9.17) is 5.11 Å². The number of amides is 2. The minimum atomic E-state index is -0.0836. The maximum absolute atomic E-state index is 12.0. The van der Waals surface area contributed by atoms with Crippen LogP contribution in [-0.4, -0.2) is 65.8 Å². The van der Waals surface area contributed by atoms with Gasteiger partial charge in [0.1, 0.15) is 0 Å². The molecule has 5 nitrogen and oxygen atoms in total. The normalized spacial score (nSPS) is 20.8. The topological polar surface area (TPSA) is 55.8 Å². The predicted octanol–water partition coefficient (Wildman–Crippen LogP) is 1.52. The summed E-state index contributed by atoms with van der Waals surface area (Å²) in [5.74, 6) is 0.736. The molecule has 1 aliphatic heterocycles. The number of likely N-dealkylation sites (N-methyl/N-ethyl adjacent to an activating group) is 1. The third kappa shape index (κ3) is 4.94. The van der Waals surface area contributed by atoms with E-state index in [2.05, 4.69) is 31.0 Å². The Labute approximate surface area is 123 Å². The van der Waals surface area contributed by atoms with Gasteiger partial charge in [0.2, 0.25) is 0 Å². The number of carbonyl (C=O) groups excluding carboxylic acids is 1. The van der Waals surface area contributed by atoms with Crippen molar-refractivity contribution in [2.24, 2.45) is 5.92 Å². The van der Waals surface area contributed by atoms with Crippen molar-refractivity contribution in [3.8, 4) is 0 Å². The maximum atomic E-state index is 12.0. The van der Waals surface area contributed by atoms with Crippen LogP contribution in [0.3, 0.4) is 0 Å². The van der Waals surface area contributed by atoms with Crippen LogP contribution in [0.5, 0.6) is 0 Å². The van der Waals surface area contributed by atoms with Gasteiger partial charge < -0.3 is 15.3 Å². The molecule has 1 fully saturated rings. The first-order valence-electron chi connectivity index (χ1n) is 7.79. The Balaban J connectivity index is 2.47. The molecule has 0 radical (unpaired) electrons. The molecule has 1 atom stereocenters. The number of likely N-dealkylation sites (tertiary alicyclic amines) is 1. The molecule has 0 aliphatic carbocycles. The summed E-state index contributed by atoms with van der Waals surface area (Å²) in [7, 11) is 0. The summed E-state index contributed by atoms with van der Waals surface area (Å²) in [6.07, 6.45) is 2.54. The third-order valence-corrected chi connectivity index (χ3v) is 4.22. The zero-order valence-corrected chi connectivity index (χ0v) is 13.5. The number of hydrogen-bond acceptors (Lipinski definition) is 3. The Morgan fingerprint density at radius 1 is 1.50 bits per heavy atom. The average Bonchev–Trinajstić information content (AvgIpc) is 2.42. The van der Waals surface area contributed by atoms with E-state index in [1.54, 1.807) is 4.90 Å². The van der Waals surface area contributed by atoms with Crippen LogP contribution in [-0.2, 0) is 0 Å². The van der Waals surface area contributed by atoms with Gasteiger partial charge in [0, 0.05) is 31.7 Å². The van der Waals surface area contributed by atoms with Crippen LogP contribution in [0.2, 0.25) is 0 Å². The van der Waals surface area contributed by atoms with Gasteiger partial charge in [0.05, 0.1) is 6.61 Å². The van der Waals surface area contributed by atoms with Crippen molar-refractivity contribution in [2.45, 2.75) is 46.1 Å². The van der Waals surface area contributed by atoms with Gasteiger partial charge in [-0.1, -0.05) is 6.92 Å². The number of carbonyl (C=O) groups is 1. The molecule has 2 amide bonds. The Bertz CT molecular complexity index is 307. The van der Waals surface area contributed by atoms with Gasteiger partial charge in [-0.15, -0.1) is 0 Å². The zero-order valence-electron chi connectivity index (χ0n) is 13.5.